The zero-order valence-corrected chi connectivity index (χ0v) is 15.0. The molecule has 0 amide bonds. The van der Waals surface area contributed by atoms with Gasteiger partial charge in [-0.05, 0) is 36.6 Å². The van der Waals surface area contributed by atoms with Crippen LogP contribution in [-0.4, -0.2) is 10.1 Å². The van der Waals surface area contributed by atoms with Crippen LogP contribution in [0.15, 0.2) is 53.1 Å². The van der Waals surface area contributed by atoms with Crippen LogP contribution in [0, 0.1) is 0 Å². The topological polar surface area (TPSA) is 51.0 Å². The minimum atomic E-state index is -4.41. The molecule has 4 nitrogen and oxygen atoms in total. The summed E-state index contributed by atoms with van der Waals surface area (Å²) in [5, 5.41) is 7.07. The summed E-state index contributed by atoms with van der Waals surface area (Å²) in [6, 6.07) is 13.3. The number of alkyl halides is 3. The van der Waals surface area contributed by atoms with Crippen LogP contribution in [0.5, 0.6) is 0 Å². The van der Waals surface area contributed by atoms with Crippen LogP contribution in [0.1, 0.15) is 42.5 Å². The maximum Gasteiger partial charge on any atom is 0.416 e. The number of aromatic nitrogens is 2. The fraction of sp³-hybridized carbons (Fsp3) is 0.300. The first-order valence-corrected chi connectivity index (χ1v) is 8.69. The molecule has 7 heteroatoms. The molecule has 0 bridgehead atoms. The van der Waals surface area contributed by atoms with Crippen LogP contribution in [0.3, 0.4) is 0 Å². The highest BCUT2D eigenvalue weighted by Crippen LogP contribution is 2.31. The van der Waals surface area contributed by atoms with Gasteiger partial charge in [0.2, 0.25) is 11.7 Å². The first-order chi connectivity index (χ1) is 12.9. The molecular weight excluding hydrogens is 355 g/mol. The molecule has 2 aromatic carbocycles. The van der Waals surface area contributed by atoms with Crippen LogP contribution < -0.4 is 5.32 Å². The van der Waals surface area contributed by atoms with Gasteiger partial charge in [-0.2, -0.15) is 18.2 Å². The fourth-order valence-electron chi connectivity index (χ4n) is 2.68. The van der Waals surface area contributed by atoms with E-state index in [1.54, 1.807) is 0 Å². The number of halogens is 3. The number of benzene rings is 2. The summed E-state index contributed by atoms with van der Waals surface area (Å²) in [6.45, 7) is 4.45. The van der Waals surface area contributed by atoms with Crippen molar-refractivity contribution in [3.8, 4) is 11.4 Å². The lowest BCUT2D eigenvalue weighted by Crippen LogP contribution is -2.18. The highest BCUT2D eigenvalue weighted by molar-refractivity contribution is 5.55. The van der Waals surface area contributed by atoms with Gasteiger partial charge in [0.15, 0.2) is 0 Å². The minimum Gasteiger partial charge on any atom is -0.338 e. The monoisotopic (exact) mass is 375 g/mol. The quantitative estimate of drug-likeness (QED) is 0.646. The molecule has 0 radical (unpaired) electrons. The maximum absolute atomic E-state index is 12.8. The average molecular weight is 375 g/mol. The van der Waals surface area contributed by atoms with E-state index in [4.69, 9.17) is 4.52 Å². The predicted octanol–water partition coefficient (Wildman–Crippen LogP) is 5.17. The SMILES string of the molecule is CCc1ccc(C(C)NCc2nc(-c3cccc(C(F)(F)F)c3)no2)cc1. The largest absolute Gasteiger partial charge is 0.416 e. The third kappa shape index (κ3) is 4.74. The molecule has 3 rings (SSSR count). The van der Waals surface area contributed by atoms with Gasteiger partial charge in [-0.25, -0.2) is 0 Å². The molecule has 27 heavy (non-hydrogen) atoms. The Morgan fingerprint density at radius 2 is 1.85 bits per heavy atom. The molecule has 1 atom stereocenters. The van der Waals surface area contributed by atoms with Gasteiger partial charge in [-0.1, -0.05) is 48.5 Å². The molecule has 0 spiro atoms. The molecule has 0 aliphatic rings. The summed E-state index contributed by atoms with van der Waals surface area (Å²) >= 11 is 0. The van der Waals surface area contributed by atoms with E-state index in [1.165, 1.54) is 17.7 Å². The summed E-state index contributed by atoms with van der Waals surface area (Å²) in [4.78, 5) is 4.19. The van der Waals surface area contributed by atoms with Gasteiger partial charge in [0.1, 0.15) is 0 Å². The van der Waals surface area contributed by atoms with Crippen molar-refractivity contribution in [1.82, 2.24) is 15.5 Å². The summed E-state index contributed by atoms with van der Waals surface area (Å²) in [6.07, 6.45) is -3.42. The lowest BCUT2D eigenvalue weighted by atomic mass is 10.1. The minimum absolute atomic E-state index is 0.0693. The van der Waals surface area contributed by atoms with Crippen molar-refractivity contribution >= 4 is 0 Å². The van der Waals surface area contributed by atoms with Crippen LogP contribution in [0.2, 0.25) is 0 Å². The van der Waals surface area contributed by atoms with Gasteiger partial charge >= 0.3 is 6.18 Å². The second-order valence-electron chi connectivity index (χ2n) is 6.29. The Kier molecular flexibility index (Phi) is 5.60. The van der Waals surface area contributed by atoms with E-state index in [-0.39, 0.29) is 17.4 Å². The van der Waals surface area contributed by atoms with Crippen molar-refractivity contribution in [2.45, 2.75) is 39.0 Å². The van der Waals surface area contributed by atoms with E-state index in [1.807, 2.05) is 6.92 Å². The first-order valence-electron chi connectivity index (χ1n) is 8.69. The molecule has 1 N–H and O–H groups in total. The Balaban J connectivity index is 1.66. The Hall–Kier alpha value is -2.67. The highest BCUT2D eigenvalue weighted by atomic mass is 19.4. The van der Waals surface area contributed by atoms with Crippen LogP contribution in [0.4, 0.5) is 13.2 Å². The predicted molar refractivity (Wildman–Crippen MR) is 95.8 cm³/mol. The number of aryl methyl sites for hydroxylation is 1. The summed E-state index contributed by atoms with van der Waals surface area (Å²) in [5.41, 5.74) is 1.93. The number of nitrogens with zero attached hydrogens (tertiary/aromatic N) is 2. The fourth-order valence-corrected chi connectivity index (χ4v) is 2.68. The molecule has 1 unspecified atom stereocenters. The van der Waals surface area contributed by atoms with E-state index in [9.17, 15) is 13.2 Å². The number of nitrogens with one attached hydrogen (secondary N) is 1. The van der Waals surface area contributed by atoms with Crippen molar-refractivity contribution in [2.75, 3.05) is 0 Å². The molecule has 0 aliphatic heterocycles. The van der Waals surface area contributed by atoms with Gasteiger partial charge < -0.3 is 9.84 Å². The zero-order chi connectivity index (χ0) is 19.4. The van der Waals surface area contributed by atoms with E-state index >= 15 is 0 Å². The molecule has 0 saturated heterocycles. The second kappa shape index (κ2) is 7.92. The van der Waals surface area contributed by atoms with Gasteiger partial charge in [0.05, 0.1) is 12.1 Å². The summed E-state index contributed by atoms with van der Waals surface area (Å²) < 4.78 is 43.7. The molecule has 0 saturated carbocycles. The third-order valence-electron chi connectivity index (χ3n) is 4.36. The standard InChI is InChI=1S/C20H20F3N3O/c1-3-14-7-9-15(10-8-14)13(2)24-12-18-25-19(26-27-18)16-5-4-6-17(11-16)20(21,22)23/h4-11,13,24H,3,12H2,1-2H3. The van der Waals surface area contributed by atoms with Gasteiger partial charge in [-0.15, -0.1) is 0 Å². The third-order valence-corrected chi connectivity index (χ3v) is 4.36. The number of hydrogen-bond donors (Lipinski definition) is 1. The van der Waals surface area contributed by atoms with Gasteiger partial charge in [0.25, 0.3) is 0 Å². The van der Waals surface area contributed by atoms with Crippen molar-refractivity contribution in [3.63, 3.8) is 0 Å². The van der Waals surface area contributed by atoms with Crippen molar-refractivity contribution < 1.29 is 17.7 Å². The Bertz CT molecular complexity index is 888. The maximum atomic E-state index is 12.8. The Morgan fingerprint density at radius 1 is 1.11 bits per heavy atom. The average Bonchev–Trinajstić information content (AvgIpc) is 3.15. The summed E-state index contributed by atoms with van der Waals surface area (Å²) in [5.74, 6) is 0.456. The first kappa shape index (κ1) is 19.1. The lowest BCUT2D eigenvalue weighted by molar-refractivity contribution is -0.137. The molecule has 0 fully saturated rings. The number of rotatable bonds is 6. The van der Waals surface area contributed by atoms with Crippen molar-refractivity contribution in [3.05, 3.63) is 71.1 Å². The molecule has 3 aromatic rings. The zero-order valence-electron chi connectivity index (χ0n) is 15.0. The Labute approximate surface area is 155 Å². The van der Waals surface area contributed by atoms with E-state index in [0.717, 1.165) is 24.1 Å². The van der Waals surface area contributed by atoms with Crippen LogP contribution >= 0.6 is 0 Å². The van der Waals surface area contributed by atoms with Crippen LogP contribution in [0.25, 0.3) is 11.4 Å². The Morgan fingerprint density at radius 3 is 2.52 bits per heavy atom. The van der Waals surface area contributed by atoms with Crippen molar-refractivity contribution in [2.24, 2.45) is 0 Å². The smallest absolute Gasteiger partial charge is 0.338 e. The highest BCUT2D eigenvalue weighted by Gasteiger charge is 2.30. The molecule has 142 valence electrons. The summed E-state index contributed by atoms with van der Waals surface area (Å²) in [7, 11) is 0. The van der Waals surface area contributed by atoms with E-state index in [2.05, 4.69) is 46.6 Å². The molecule has 0 aliphatic carbocycles. The molecule has 1 aromatic heterocycles. The number of hydrogen-bond acceptors (Lipinski definition) is 4. The molecular formula is C20H20F3N3O. The van der Waals surface area contributed by atoms with Crippen molar-refractivity contribution in [1.29, 1.82) is 0 Å². The normalized spacial score (nSPS) is 12.9. The van der Waals surface area contributed by atoms with Gasteiger partial charge in [-0.3, -0.25) is 0 Å². The van der Waals surface area contributed by atoms with Gasteiger partial charge in [0, 0.05) is 11.6 Å². The molecule has 1 heterocycles. The lowest BCUT2D eigenvalue weighted by Gasteiger charge is -2.13. The van der Waals surface area contributed by atoms with E-state index in [0.29, 0.717) is 12.4 Å². The van der Waals surface area contributed by atoms with Crippen LogP contribution in [-0.2, 0) is 19.1 Å². The van der Waals surface area contributed by atoms with E-state index < -0.39 is 11.7 Å². The second-order valence-corrected chi connectivity index (χ2v) is 6.29.